The second-order valence-corrected chi connectivity index (χ2v) is 2.66. The lowest BCUT2D eigenvalue weighted by Crippen LogP contribution is -1.97. The van der Waals surface area contributed by atoms with Crippen molar-refractivity contribution < 1.29 is 14.6 Å². The molecule has 0 amide bonds. The summed E-state index contributed by atoms with van der Waals surface area (Å²) in [6.07, 6.45) is 1.26. The molecule has 70 valence electrons. The first kappa shape index (κ1) is 9.74. The van der Waals surface area contributed by atoms with Gasteiger partial charge in [-0.3, -0.25) is 4.79 Å². The summed E-state index contributed by atoms with van der Waals surface area (Å²) in [5.41, 5.74) is 1.42. The normalized spacial score (nSPS) is 9.69. The first-order chi connectivity index (χ1) is 6.31. The summed E-state index contributed by atoms with van der Waals surface area (Å²) in [5.74, 6) is 0.703. The van der Waals surface area contributed by atoms with E-state index in [1.165, 1.54) is 0 Å². The lowest BCUT2D eigenvalue weighted by atomic mass is 10.1. The van der Waals surface area contributed by atoms with Crippen molar-refractivity contribution in [2.24, 2.45) is 0 Å². The zero-order valence-electron chi connectivity index (χ0n) is 7.49. The van der Waals surface area contributed by atoms with E-state index in [0.29, 0.717) is 17.7 Å². The molecule has 0 saturated carbocycles. The summed E-state index contributed by atoms with van der Waals surface area (Å²) in [4.78, 5) is 10.6. The number of carbonyl (C=O) groups excluding carboxylic acids is 1. The second kappa shape index (κ2) is 4.62. The topological polar surface area (TPSA) is 46.5 Å². The van der Waals surface area contributed by atoms with Crippen molar-refractivity contribution in [2.75, 3.05) is 13.7 Å². The summed E-state index contributed by atoms with van der Waals surface area (Å²) in [5, 5.41) is 8.75. The number of aliphatic hydroxyl groups is 1. The van der Waals surface area contributed by atoms with Crippen molar-refractivity contribution in [1.82, 2.24) is 0 Å². The number of hydrogen-bond acceptors (Lipinski definition) is 3. The Balaban J connectivity index is 3.02. The Morgan fingerprint density at radius 3 is 2.85 bits per heavy atom. The van der Waals surface area contributed by atoms with E-state index in [2.05, 4.69) is 0 Å². The van der Waals surface area contributed by atoms with E-state index in [4.69, 9.17) is 9.84 Å². The lowest BCUT2D eigenvalue weighted by Gasteiger charge is -2.05. The van der Waals surface area contributed by atoms with Gasteiger partial charge in [-0.1, -0.05) is 0 Å². The molecule has 0 aliphatic rings. The van der Waals surface area contributed by atoms with Gasteiger partial charge in [-0.15, -0.1) is 0 Å². The largest absolute Gasteiger partial charge is 0.497 e. The molecule has 0 saturated heterocycles. The van der Waals surface area contributed by atoms with Crippen LogP contribution in [0.5, 0.6) is 5.75 Å². The maximum Gasteiger partial charge on any atom is 0.150 e. The van der Waals surface area contributed by atoms with Crippen LogP contribution in [0.2, 0.25) is 0 Å². The maximum absolute atomic E-state index is 10.6. The number of rotatable bonds is 4. The van der Waals surface area contributed by atoms with Crippen molar-refractivity contribution in [1.29, 1.82) is 0 Å². The molecule has 13 heavy (non-hydrogen) atoms. The Kier molecular flexibility index (Phi) is 3.46. The molecule has 3 nitrogen and oxygen atoms in total. The van der Waals surface area contributed by atoms with Gasteiger partial charge in [0.2, 0.25) is 0 Å². The third-order valence-corrected chi connectivity index (χ3v) is 1.86. The summed E-state index contributed by atoms with van der Waals surface area (Å²) in [6, 6.07) is 5.18. The highest BCUT2D eigenvalue weighted by molar-refractivity contribution is 5.77. The van der Waals surface area contributed by atoms with Crippen LogP contribution in [-0.2, 0) is 6.42 Å². The summed E-state index contributed by atoms with van der Waals surface area (Å²) in [6.45, 7) is 0.0357. The predicted molar refractivity (Wildman–Crippen MR) is 49.2 cm³/mol. The first-order valence-corrected chi connectivity index (χ1v) is 4.04. The van der Waals surface area contributed by atoms with E-state index in [-0.39, 0.29) is 6.61 Å². The van der Waals surface area contributed by atoms with E-state index in [0.717, 1.165) is 11.8 Å². The Labute approximate surface area is 77.0 Å². The lowest BCUT2D eigenvalue weighted by molar-refractivity contribution is 0.112. The molecule has 1 aromatic rings. The average Bonchev–Trinajstić information content (AvgIpc) is 2.18. The van der Waals surface area contributed by atoms with E-state index < -0.39 is 0 Å². The summed E-state index contributed by atoms with van der Waals surface area (Å²) < 4.78 is 5.00. The fourth-order valence-corrected chi connectivity index (χ4v) is 1.16. The molecular formula is C10H12O3. The van der Waals surface area contributed by atoms with E-state index in [1.807, 2.05) is 0 Å². The minimum atomic E-state index is 0.0357. The highest BCUT2D eigenvalue weighted by Crippen LogP contribution is 2.16. The average molecular weight is 180 g/mol. The molecule has 0 bridgehead atoms. The van der Waals surface area contributed by atoms with Crippen LogP contribution in [0.1, 0.15) is 15.9 Å². The highest BCUT2D eigenvalue weighted by atomic mass is 16.5. The SMILES string of the molecule is COc1ccc(C=O)c(CCO)c1. The summed E-state index contributed by atoms with van der Waals surface area (Å²) >= 11 is 0. The molecule has 0 aromatic heterocycles. The third kappa shape index (κ3) is 2.29. The van der Waals surface area contributed by atoms with E-state index in [1.54, 1.807) is 25.3 Å². The molecular weight excluding hydrogens is 168 g/mol. The zero-order valence-corrected chi connectivity index (χ0v) is 7.49. The minimum Gasteiger partial charge on any atom is -0.497 e. The van der Waals surface area contributed by atoms with Crippen molar-refractivity contribution in [3.05, 3.63) is 29.3 Å². The van der Waals surface area contributed by atoms with Crippen LogP contribution in [0, 0.1) is 0 Å². The number of aldehydes is 1. The van der Waals surface area contributed by atoms with Crippen molar-refractivity contribution in [2.45, 2.75) is 6.42 Å². The van der Waals surface area contributed by atoms with E-state index >= 15 is 0 Å². The molecule has 0 heterocycles. The quantitative estimate of drug-likeness (QED) is 0.704. The van der Waals surface area contributed by atoms with Gasteiger partial charge in [0.15, 0.2) is 0 Å². The molecule has 0 fully saturated rings. The molecule has 1 N–H and O–H groups in total. The van der Waals surface area contributed by atoms with Gasteiger partial charge in [-0.2, -0.15) is 0 Å². The van der Waals surface area contributed by atoms with Gasteiger partial charge in [-0.25, -0.2) is 0 Å². The van der Waals surface area contributed by atoms with E-state index in [9.17, 15) is 4.79 Å². The number of aliphatic hydroxyl groups excluding tert-OH is 1. The number of carbonyl (C=O) groups is 1. The number of methoxy groups -OCH3 is 1. The first-order valence-electron chi connectivity index (χ1n) is 4.04. The monoisotopic (exact) mass is 180 g/mol. The number of hydrogen-bond donors (Lipinski definition) is 1. The predicted octanol–water partition coefficient (Wildman–Crippen LogP) is 1.04. The molecule has 0 aliphatic carbocycles. The zero-order chi connectivity index (χ0) is 9.68. The van der Waals surface area contributed by atoms with Crippen LogP contribution in [0.4, 0.5) is 0 Å². The van der Waals surface area contributed by atoms with Crippen LogP contribution in [0.15, 0.2) is 18.2 Å². The third-order valence-electron chi connectivity index (χ3n) is 1.86. The molecule has 1 rings (SSSR count). The molecule has 0 radical (unpaired) electrons. The Morgan fingerprint density at radius 2 is 2.31 bits per heavy atom. The van der Waals surface area contributed by atoms with Crippen LogP contribution in [0.3, 0.4) is 0 Å². The van der Waals surface area contributed by atoms with Gasteiger partial charge in [0.25, 0.3) is 0 Å². The van der Waals surface area contributed by atoms with Crippen LogP contribution in [0.25, 0.3) is 0 Å². The molecule has 0 aliphatic heterocycles. The molecule has 0 unspecified atom stereocenters. The van der Waals surface area contributed by atoms with Gasteiger partial charge in [0, 0.05) is 12.2 Å². The maximum atomic E-state index is 10.6. The Bertz CT molecular complexity index is 294. The number of ether oxygens (including phenoxy) is 1. The van der Waals surface area contributed by atoms with Gasteiger partial charge >= 0.3 is 0 Å². The summed E-state index contributed by atoms with van der Waals surface area (Å²) in [7, 11) is 1.57. The Morgan fingerprint density at radius 1 is 1.54 bits per heavy atom. The van der Waals surface area contributed by atoms with Crippen molar-refractivity contribution in [3.8, 4) is 5.75 Å². The Hall–Kier alpha value is -1.35. The second-order valence-electron chi connectivity index (χ2n) is 2.66. The van der Waals surface area contributed by atoms with Gasteiger partial charge in [0.1, 0.15) is 12.0 Å². The fourth-order valence-electron chi connectivity index (χ4n) is 1.16. The molecule has 3 heteroatoms. The van der Waals surface area contributed by atoms with Crippen molar-refractivity contribution >= 4 is 6.29 Å². The minimum absolute atomic E-state index is 0.0357. The number of benzene rings is 1. The van der Waals surface area contributed by atoms with Gasteiger partial charge in [-0.05, 0) is 30.2 Å². The molecule has 0 atom stereocenters. The van der Waals surface area contributed by atoms with Gasteiger partial charge < -0.3 is 9.84 Å². The van der Waals surface area contributed by atoms with Crippen LogP contribution in [-0.4, -0.2) is 25.1 Å². The molecule has 0 spiro atoms. The van der Waals surface area contributed by atoms with Crippen LogP contribution >= 0.6 is 0 Å². The smallest absolute Gasteiger partial charge is 0.150 e. The molecule has 1 aromatic carbocycles. The standard InChI is InChI=1S/C10H12O3/c1-13-10-3-2-9(7-12)8(6-10)4-5-11/h2-3,6-7,11H,4-5H2,1H3. The van der Waals surface area contributed by atoms with Gasteiger partial charge in [0.05, 0.1) is 7.11 Å². The highest BCUT2D eigenvalue weighted by Gasteiger charge is 2.02. The fraction of sp³-hybridized carbons (Fsp3) is 0.300. The van der Waals surface area contributed by atoms with Crippen LogP contribution < -0.4 is 4.74 Å². The van der Waals surface area contributed by atoms with Crippen molar-refractivity contribution in [3.63, 3.8) is 0 Å².